The van der Waals surface area contributed by atoms with Crippen LogP contribution in [0.4, 0.5) is 22.7 Å². The van der Waals surface area contributed by atoms with Crippen LogP contribution in [-0.2, 0) is 0 Å². The summed E-state index contributed by atoms with van der Waals surface area (Å²) >= 11 is 3.75. The Morgan fingerprint density at radius 3 is 1.96 bits per heavy atom. The van der Waals surface area contributed by atoms with E-state index < -0.39 is 0 Å². The van der Waals surface area contributed by atoms with Crippen molar-refractivity contribution in [1.82, 2.24) is 9.97 Å². The Labute approximate surface area is 313 Å². The Morgan fingerprint density at radius 2 is 1.25 bits per heavy atom. The predicted molar refractivity (Wildman–Crippen MR) is 216 cm³/mol. The molecule has 4 nitrogen and oxygen atoms in total. The van der Waals surface area contributed by atoms with E-state index in [-0.39, 0.29) is 5.92 Å². The predicted octanol–water partition coefficient (Wildman–Crippen LogP) is 12.8. The van der Waals surface area contributed by atoms with Gasteiger partial charge in [0.05, 0.1) is 28.5 Å². The second-order valence-electron chi connectivity index (χ2n) is 13.3. The molecule has 10 rings (SSSR count). The van der Waals surface area contributed by atoms with Gasteiger partial charge in [0, 0.05) is 60.5 Å². The van der Waals surface area contributed by atoms with Crippen molar-refractivity contribution in [1.29, 1.82) is 0 Å². The highest BCUT2D eigenvalue weighted by atomic mass is 32.2. The number of hydrogen-bond donors (Lipinski definition) is 0. The summed E-state index contributed by atoms with van der Waals surface area (Å²) in [5.74, 6) is 0.214. The monoisotopic (exact) mass is 706 g/mol. The minimum absolute atomic E-state index is 0.214. The van der Waals surface area contributed by atoms with Crippen LogP contribution in [0.15, 0.2) is 195 Å². The molecule has 4 heterocycles. The van der Waals surface area contributed by atoms with E-state index >= 15 is 0 Å². The summed E-state index contributed by atoms with van der Waals surface area (Å²) in [5.41, 5.74) is 12.8. The smallest absolute Gasteiger partial charge is 0.0708 e. The lowest BCUT2D eigenvalue weighted by Gasteiger charge is -2.36. The van der Waals surface area contributed by atoms with E-state index in [1.807, 2.05) is 35.9 Å². The van der Waals surface area contributed by atoms with E-state index in [4.69, 9.17) is 9.97 Å². The van der Waals surface area contributed by atoms with Gasteiger partial charge in [-0.3, -0.25) is 9.97 Å². The van der Waals surface area contributed by atoms with Gasteiger partial charge in [-0.2, -0.15) is 0 Å². The van der Waals surface area contributed by atoms with Crippen molar-refractivity contribution >= 4 is 46.3 Å². The molecule has 2 aliphatic carbocycles. The van der Waals surface area contributed by atoms with Crippen molar-refractivity contribution < 1.29 is 0 Å². The zero-order valence-corrected chi connectivity index (χ0v) is 30.0. The van der Waals surface area contributed by atoms with Crippen LogP contribution in [0.2, 0.25) is 0 Å². The van der Waals surface area contributed by atoms with Gasteiger partial charge in [0.1, 0.15) is 0 Å². The summed E-state index contributed by atoms with van der Waals surface area (Å²) in [6.07, 6.45) is 18.6. The largest absolute Gasteiger partial charge is 0.309 e. The Kier molecular flexibility index (Phi) is 7.92. The minimum Gasteiger partial charge on any atom is -0.309 e. The number of pyridine rings is 2. The maximum atomic E-state index is 4.85. The van der Waals surface area contributed by atoms with E-state index in [1.165, 1.54) is 48.0 Å². The summed E-state index contributed by atoms with van der Waals surface area (Å²) in [5, 5.41) is 0. The molecule has 6 aromatic rings. The lowest BCUT2D eigenvalue weighted by molar-refractivity contribution is 0.802. The minimum atomic E-state index is 0.214. The zero-order chi connectivity index (χ0) is 34.4. The highest BCUT2D eigenvalue weighted by molar-refractivity contribution is 8.03. The Morgan fingerprint density at radius 1 is 0.596 bits per heavy atom. The van der Waals surface area contributed by atoms with Gasteiger partial charge in [0.2, 0.25) is 0 Å². The number of aromatic nitrogens is 2. The van der Waals surface area contributed by atoms with Crippen LogP contribution in [0.3, 0.4) is 0 Å². The second-order valence-corrected chi connectivity index (χ2v) is 15.5. The standard InChI is InChI=1S/C46H34N4S2/c1-5-13-43-39(9-1)49(40-10-2-6-14-44(40)51-43)35-21-17-31(18-22-35)37-29-33(25-27-47-37)34-26-28-48-38(30-34)32-19-23-36(24-20-32)50-41-11-3-7-15-45(41)52-46-16-8-4-12-42(46)50/h1-7,9-15,17-19,21-30,32H,8,16,20H2. The quantitative estimate of drug-likeness (QED) is 0.177. The average molecular weight is 707 g/mol. The van der Waals surface area contributed by atoms with E-state index in [0.29, 0.717) is 0 Å². The van der Waals surface area contributed by atoms with Gasteiger partial charge in [-0.1, -0.05) is 90.3 Å². The molecule has 2 aliphatic heterocycles. The number of rotatable bonds is 5. The molecule has 0 amide bonds. The number of thioether (sulfide) groups is 1. The number of fused-ring (bicyclic) bond motifs is 3. The van der Waals surface area contributed by atoms with Crippen molar-refractivity contribution in [3.8, 4) is 22.4 Å². The molecule has 1 unspecified atom stereocenters. The molecule has 0 fully saturated rings. The Hall–Kier alpha value is -5.56. The molecule has 0 saturated heterocycles. The second kappa shape index (κ2) is 13.2. The highest BCUT2D eigenvalue weighted by Crippen LogP contribution is 2.52. The number of nitrogens with zero attached hydrogens (tertiary/aromatic N) is 4. The summed E-state index contributed by atoms with van der Waals surface area (Å²) in [4.78, 5) is 19.8. The maximum absolute atomic E-state index is 4.85. The van der Waals surface area contributed by atoms with Crippen molar-refractivity contribution in [3.05, 3.63) is 186 Å². The molecule has 1 atom stereocenters. The summed E-state index contributed by atoms with van der Waals surface area (Å²) in [6.45, 7) is 0. The van der Waals surface area contributed by atoms with Gasteiger partial charge in [-0.05, 0) is 115 Å². The highest BCUT2D eigenvalue weighted by Gasteiger charge is 2.29. The number of para-hydroxylation sites is 3. The zero-order valence-electron chi connectivity index (χ0n) is 28.4. The first-order chi connectivity index (χ1) is 25.8. The topological polar surface area (TPSA) is 32.3 Å². The summed E-state index contributed by atoms with van der Waals surface area (Å²) < 4.78 is 0. The first kappa shape index (κ1) is 31.2. The normalized spacial score (nSPS) is 17.2. The lowest BCUT2D eigenvalue weighted by atomic mass is 9.93. The summed E-state index contributed by atoms with van der Waals surface area (Å²) in [6, 6.07) is 43.4. The van der Waals surface area contributed by atoms with Crippen LogP contribution in [0.25, 0.3) is 22.4 Å². The van der Waals surface area contributed by atoms with Gasteiger partial charge >= 0.3 is 0 Å². The van der Waals surface area contributed by atoms with E-state index in [1.54, 1.807) is 0 Å². The molecular formula is C46H34N4S2. The first-order valence-electron chi connectivity index (χ1n) is 17.8. The fourth-order valence-electron chi connectivity index (χ4n) is 7.56. The number of benzene rings is 4. The molecule has 52 heavy (non-hydrogen) atoms. The van der Waals surface area contributed by atoms with Crippen molar-refractivity contribution in [3.63, 3.8) is 0 Å². The fourth-order valence-corrected chi connectivity index (χ4v) is 9.78. The average Bonchev–Trinajstić information content (AvgIpc) is 3.22. The van der Waals surface area contributed by atoms with Crippen LogP contribution >= 0.6 is 23.5 Å². The molecular weight excluding hydrogens is 673 g/mol. The van der Waals surface area contributed by atoms with Crippen LogP contribution in [0, 0.1) is 0 Å². The van der Waals surface area contributed by atoms with Crippen molar-refractivity contribution in [2.45, 2.75) is 39.9 Å². The van der Waals surface area contributed by atoms with Crippen LogP contribution in [-0.4, -0.2) is 9.97 Å². The molecule has 6 heteroatoms. The van der Waals surface area contributed by atoms with Gasteiger partial charge < -0.3 is 9.80 Å². The van der Waals surface area contributed by atoms with Gasteiger partial charge in [0.15, 0.2) is 0 Å². The van der Waals surface area contributed by atoms with E-state index in [9.17, 15) is 0 Å². The lowest BCUT2D eigenvalue weighted by Crippen LogP contribution is -2.26. The third-order valence-corrected chi connectivity index (χ3v) is 12.5. The molecule has 0 N–H and O–H groups in total. The third kappa shape index (κ3) is 5.59. The maximum Gasteiger partial charge on any atom is 0.0708 e. The van der Waals surface area contributed by atoms with Crippen LogP contribution in [0.1, 0.15) is 30.9 Å². The Balaban J connectivity index is 0.900. The molecule has 0 saturated carbocycles. The third-order valence-electron chi connectivity index (χ3n) is 10.1. The number of allylic oxidation sites excluding steroid dienone is 6. The van der Waals surface area contributed by atoms with Crippen molar-refractivity contribution in [2.75, 3.05) is 9.80 Å². The van der Waals surface area contributed by atoms with Gasteiger partial charge in [-0.15, -0.1) is 0 Å². The van der Waals surface area contributed by atoms with Crippen LogP contribution < -0.4 is 9.80 Å². The molecule has 0 spiro atoms. The molecule has 250 valence electrons. The van der Waals surface area contributed by atoms with E-state index in [2.05, 4.69) is 162 Å². The fraction of sp³-hybridized carbons (Fsp3) is 0.0870. The van der Waals surface area contributed by atoms with E-state index in [0.717, 1.165) is 53.0 Å². The SMILES string of the molecule is C1=CC2=C(CC1)Sc1ccccc1N2C1=CCC(c2cc(-c3ccnc(-c4ccc(N5c6ccccc6Sc6ccccc65)cc4)c3)ccn2)C=C1. The molecule has 0 bridgehead atoms. The molecule has 4 aromatic carbocycles. The Bertz CT molecular complexity index is 2430. The van der Waals surface area contributed by atoms with Crippen LogP contribution in [0.5, 0.6) is 0 Å². The number of anilines is 4. The molecule has 4 aliphatic rings. The van der Waals surface area contributed by atoms with Gasteiger partial charge in [-0.25, -0.2) is 0 Å². The number of hydrogen-bond acceptors (Lipinski definition) is 6. The van der Waals surface area contributed by atoms with Crippen molar-refractivity contribution in [2.24, 2.45) is 0 Å². The molecule has 0 radical (unpaired) electrons. The summed E-state index contributed by atoms with van der Waals surface area (Å²) in [7, 11) is 0. The first-order valence-corrected chi connectivity index (χ1v) is 19.4. The van der Waals surface area contributed by atoms with Gasteiger partial charge in [0.25, 0.3) is 0 Å². The molecule has 2 aromatic heterocycles.